The van der Waals surface area contributed by atoms with Crippen LogP contribution in [0.1, 0.15) is 0 Å². The highest BCUT2D eigenvalue weighted by molar-refractivity contribution is 9.10. The van der Waals surface area contributed by atoms with Crippen molar-refractivity contribution in [3.8, 4) is 0 Å². The van der Waals surface area contributed by atoms with E-state index in [9.17, 15) is 14.4 Å². The minimum atomic E-state index is -1.60. The molecule has 0 amide bonds. The topological polar surface area (TPSA) is 92.2 Å². The molecule has 2 aromatic rings. The molecular weight excluding hydrogens is 280 g/mol. The average molecular weight is 285 g/mol. The van der Waals surface area contributed by atoms with Crippen molar-refractivity contribution in [1.82, 2.24) is 9.55 Å². The quantitative estimate of drug-likeness (QED) is 0.754. The Morgan fingerprint density at radius 1 is 1.38 bits per heavy atom. The molecule has 1 heterocycles. The van der Waals surface area contributed by atoms with Gasteiger partial charge in [-0.2, -0.15) is 4.57 Å². The number of H-pyrrole nitrogens is 1. The molecule has 6 nitrogen and oxygen atoms in total. The lowest BCUT2D eigenvalue weighted by Gasteiger charge is -2.02. The van der Waals surface area contributed by atoms with E-state index in [0.717, 1.165) is 0 Å². The Morgan fingerprint density at radius 3 is 2.69 bits per heavy atom. The number of hydrogen-bond acceptors (Lipinski definition) is 3. The van der Waals surface area contributed by atoms with E-state index in [0.29, 0.717) is 4.47 Å². The summed E-state index contributed by atoms with van der Waals surface area (Å²) >= 11 is 3.16. The second-order valence-electron chi connectivity index (χ2n) is 3.02. The molecule has 0 unspecified atom stereocenters. The van der Waals surface area contributed by atoms with E-state index in [-0.39, 0.29) is 15.5 Å². The van der Waals surface area contributed by atoms with Gasteiger partial charge in [-0.05, 0) is 28.1 Å². The molecule has 7 heteroatoms. The number of aromatic nitrogens is 2. The van der Waals surface area contributed by atoms with Crippen LogP contribution in [0.2, 0.25) is 0 Å². The minimum Gasteiger partial charge on any atom is -0.464 e. The fourth-order valence-corrected chi connectivity index (χ4v) is 1.84. The number of aromatic amines is 1. The molecular formula is C9H5BrN2O4. The number of halogens is 1. The predicted octanol–water partition coefficient (Wildman–Crippen LogP) is 0.978. The Bertz CT molecular complexity index is 701. The van der Waals surface area contributed by atoms with Crippen LogP contribution in [-0.2, 0) is 0 Å². The first-order valence-electron chi connectivity index (χ1n) is 4.19. The summed E-state index contributed by atoms with van der Waals surface area (Å²) in [5.41, 5.74) is -1.54. The van der Waals surface area contributed by atoms with Crippen molar-refractivity contribution in [2.45, 2.75) is 0 Å². The summed E-state index contributed by atoms with van der Waals surface area (Å²) < 4.78 is 0.658. The van der Waals surface area contributed by atoms with E-state index in [2.05, 4.69) is 20.9 Å². The molecule has 82 valence electrons. The first-order valence-corrected chi connectivity index (χ1v) is 4.98. The zero-order chi connectivity index (χ0) is 11.9. The van der Waals surface area contributed by atoms with Crippen molar-refractivity contribution >= 4 is 32.9 Å². The van der Waals surface area contributed by atoms with Gasteiger partial charge in [-0.3, -0.25) is 4.79 Å². The Morgan fingerprint density at radius 2 is 2.06 bits per heavy atom. The van der Waals surface area contributed by atoms with Crippen LogP contribution in [-0.4, -0.2) is 20.8 Å². The van der Waals surface area contributed by atoms with E-state index in [1.54, 1.807) is 12.1 Å². The number of carboxylic acid groups (broad SMARTS) is 1. The number of fused-ring (bicyclic) bond motifs is 1. The molecule has 0 fully saturated rings. The fraction of sp³-hybridized carbons (Fsp3) is 0. The van der Waals surface area contributed by atoms with Crippen molar-refractivity contribution < 1.29 is 9.90 Å². The first-order chi connectivity index (χ1) is 7.52. The number of nitrogens with zero attached hydrogens (tertiary/aromatic N) is 1. The summed E-state index contributed by atoms with van der Waals surface area (Å²) in [4.78, 5) is 36.1. The molecule has 0 aliphatic heterocycles. The van der Waals surface area contributed by atoms with Gasteiger partial charge in [-0.15, -0.1) is 0 Å². The van der Waals surface area contributed by atoms with Crippen LogP contribution in [0.3, 0.4) is 0 Å². The second kappa shape index (κ2) is 3.60. The van der Waals surface area contributed by atoms with Gasteiger partial charge in [0, 0.05) is 4.47 Å². The molecule has 0 saturated carbocycles. The summed E-state index contributed by atoms with van der Waals surface area (Å²) in [6, 6.07) is 4.67. The van der Waals surface area contributed by atoms with Gasteiger partial charge in [0.1, 0.15) is 0 Å². The van der Waals surface area contributed by atoms with Gasteiger partial charge in [-0.1, -0.05) is 6.07 Å². The first kappa shape index (κ1) is 10.6. The average Bonchev–Trinajstić information content (AvgIpc) is 2.19. The zero-order valence-electron chi connectivity index (χ0n) is 7.73. The molecule has 2 N–H and O–H groups in total. The van der Waals surface area contributed by atoms with E-state index < -0.39 is 17.3 Å². The van der Waals surface area contributed by atoms with Crippen LogP contribution >= 0.6 is 15.9 Å². The fourth-order valence-electron chi connectivity index (χ4n) is 1.38. The lowest BCUT2D eigenvalue weighted by Crippen LogP contribution is -2.39. The van der Waals surface area contributed by atoms with Gasteiger partial charge < -0.3 is 10.1 Å². The molecule has 16 heavy (non-hydrogen) atoms. The number of benzene rings is 1. The lowest BCUT2D eigenvalue weighted by molar-refractivity contribution is 0.194. The zero-order valence-corrected chi connectivity index (χ0v) is 9.32. The number of hydrogen-bond donors (Lipinski definition) is 2. The van der Waals surface area contributed by atoms with Crippen LogP contribution in [0.5, 0.6) is 0 Å². The van der Waals surface area contributed by atoms with Crippen molar-refractivity contribution in [3.63, 3.8) is 0 Å². The van der Waals surface area contributed by atoms with Crippen LogP contribution in [0.25, 0.3) is 10.9 Å². The van der Waals surface area contributed by atoms with Crippen LogP contribution in [0, 0.1) is 0 Å². The van der Waals surface area contributed by atoms with Crippen LogP contribution < -0.4 is 11.2 Å². The Balaban J connectivity index is 3.07. The molecule has 0 aliphatic carbocycles. The minimum absolute atomic E-state index is 0.134. The standard InChI is InChI=1S/C9H5BrN2O4/c10-5-3-1-2-4-6(5)11-8(14)12(7(4)13)9(15)16/h1-3H,(H,11,14)(H,15,16). The van der Waals surface area contributed by atoms with E-state index in [1.807, 2.05) is 0 Å². The van der Waals surface area contributed by atoms with E-state index in [4.69, 9.17) is 5.11 Å². The SMILES string of the molecule is O=C(O)n1c(=O)[nH]c2c(Br)cccc2c1=O. The summed E-state index contributed by atoms with van der Waals surface area (Å²) in [7, 11) is 0. The predicted molar refractivity (Wildman–Crippen MR) is 60.0 cm³/mol. The summed E-state index contributed by atoms with van der Waals surface area (Å²) in [5.74, 6) is 0. The molecule has 0 bridgehead atoms. The normalized spacial score (nSPS) is 10.6. The Kier molecular flexibility index (Phi) is 2.39. The highest BCUT2D eigenvalue weighted by Crippen LogP contribution is 2.17. The van der Waals surface area contributed by atoms with Gasteiger partial charge in [-0.25, -0.2) is 9.59 Å². The van der Waals surface area contributed by atoms with Gasteiger partial charge in [0.15, 0.2) is 0 Å². The van der Waals surface area contributed by atoms with Crippen molar-refractivity contribution in [2.24, 2.45) is 0 Å². The molecule has 0 spiro atoms. The highest BCUT2D eigenvalue weighted by Gasteiger charge is 2.13. The molecule has 0 radical (unpaired) electrons. The third-order valence-electron chi connectivity index (χ3n) is 2.07. The molecule has 0 atom stereocenters. The van der Waals surface area contributed by atoms with Gasteiger partial charge in [0.05, 0.1) is 10.9 Å². The molecule has 0 aliphatic rings. The third kappa shape index (κ3) is 1.45. The Hall–Kier alpha value is -1.89. The number of nitrogens with one attached hydrogen (secondary N) is 1. The van der Waals surface area contributed by atoms with Gasteiger partial charge in [0.2, 0.25) is 0 Å². The van der Waals surface area contributed by atoms with Crippen molar-refractivity contribution in [3.05, 3.63) is 43.5 Å². The lowest BCUT2D eigenvalue weighted by atomic mass is 10.2. The summed E-state index contributed by atoms with van der Waals surface area (Å²) in [6.07, 6.45) is -1.60. The molecule has 0 saturated heterocycles. The molecule has 1 aromatic carbocycles. The number of carbonyl (C=O) groups is 1. The third-order valence-corrected chi connectivity index (χ3v) is 2.73. The summed E-state index contributed by atoms with van der Waals surface area (Å²) in [6.45, 7) is 0. The number of rotatable bonds is 0. The second-order valence-corrected chi connectivity index (χ2v) is 3.87. The smallest absolute Gasteiger partial charge is 0.422 e. The maximum absolute atomic E-state index is 11.7. The van der Waals surface area contributed by atoms with Gasteiger partial charge >= 0.3 is 11.8 Å². The van der Waals surface area contributed by atoms with Crippen LogP contribution in [0.15, 0.2) is 32.3 Å². The van der Waals surface area contributed by atoms with E-state index in [1.165, 1.54) is 6.07 Å². The van der Waals surface area contributed by atoms with Crippen molar-refractivity contribution in [2.75, 3.05) is 0 Å². The molecule has 1 aromatic heterocycles. The van der Waals surface area contributed by atoms with Crippen molar-refractivity contribution in [1.29, 1.82) is 0 Å². The maximum atomic E-state index is 11.7. The summed E-state index contributed by atoms with van der Waals surface area (Å²) in [5, 5.41) is 8.84. The monoisotopic (exact) mass is 284 g/mol. The largest absolute Gasteiger partial charge is 0.464 e. The van der Waals surface area contributed by atoms with Crippen LogP contribution in [0.4, 0.5) is 4.79 Å². The number of para-hydroxylation sites is 1. The highest BCUT2D eigenvalue weighted by atomic mass is 79.9. The van der Waals surface area contributed by atoms with Gasteiger partial charge in [0.25, 0.3) is 5.56 Å². The Labute approximate surface area is 96.3 Å². The molecule has 2 rings (SSSR count). The maximum Gasteiger partial charge on any atom is 0.422 e. The van der Waals surface area contributed by atoms with E-state index >= 15 is 0 Å².